The van der Waals surface area contributed by atoms with Crippen molar-refractivity contribution in [2.75, 3.05) is 0 Å². The molecule has 0 fully saturated rings. The fourth-order valence-corrected chi connectivity index (χ4v) is 12.5. The van der Waals surface area contributed by atoms with E-state index in [9.17, 15) is 0 Å². The molecule has 0 saturated heterocycles. The van der Waals surface area contributed by atoms with E-state index in [-0.39, 0.29) is 0 Å². The van der Waals surface area contributed by atoms with Crippen LogP contribution in [0.15, 0.2) is 0 Å². The molecule has 0 aromatic heterocycles. The molecule has 0 nitrogen and oxygen atoms in total. The zero-order valence-corrected chi connectivity index (χ0v) is 11.3. The SMILES string of the molecule is C[CH](C)[Ge]([CH](C)C)[C](C)(C)C. The molecule has 0 aromatic rings. The summed E-state index contributed by atoms with van der Waals surface area (Å²) in [5.41, 5.74) is 0. The molecular weight excluding hydrogens is 193 g/mol. The second-order valence-electron chi connectivity index (χ2n) is 5.01. The van der Waals surface area contributed by atoms with E-state index in [1.807, 2.05) is 0 Å². The van der Waals surface area contributed by atoms with Gasteiger partial charge in [-0.1, -0.05) is 0 Å². The zero-order chi connectivity index (χ0) is 9.23. The zero-order valence-electron chi connectivity index (χ0n) is 9.15. The van der Waals surface area contributed by atoms with Crippen LogP contribution < -0.4 is 0 Å². The molecule has 0 rings (SSSR count). The molecule has 0 spiro atoms. The Morgan fingerprint density at radius 3 is 1.09 bits per heavy atom. The van der Waals surface area contributed by atoms with E-state index in [2.05, 4.69) is 48.5 Å². The normalized spacial score (nSPS) is 13.6. The molecule has 0 heterocycles. The first-order valence-corrected chi connectivity index (χ1v) is 8.11. The first-order chi connectivity index (χ1) is 4.76. The van der Waals surface area contributed by atoms with Gasteiger partial charge in [-0.15, -0.1) is 0 Å². The molecule has 0 amide bonds. The van der Waals surface area contributed by atoms with Gasteiger partial charge < -0.3 is 0 Å². The van der Waals surface area contributed by atoms with Gasteiger partial charge in [0.25, 0.3) is 0 Å². The second-order valence-corrected chi connectivity index (χ2v) is 14.9. The van der Waals surface area contributed by atoms with Gasteiger partial charge in [-0.05, 0) is 0 Å². The van der Waals surface area contributed by atoms with Gasteiger partial charge in [0.2, 0.25) is 0 Å². The maximum absolute atomic E-state index is 2.42. The van der Waals surface area contributed by atoms with Crippen molar-refractivity contribution < 1.29 is 0 Å². The van der Waals surface area contributed by atoms with Crippen molar-refractivity contribution in [2.24, 2.45) is 0 Å². The molecule has 0 aliphatic heterocycles. The van der Waals surface area contributed by atoms with Crippen molar-refractivity contribution in [2.45, 2.75) is 62.2 Å². The Balaban J connectivity index is 4.35. The molecule has 0 aromatic carbocycles. The van der Waals surface area contributed by atoms with Crippen LogP contribution in [-0.2, 0) is 0 Å². The first kappa shape index (κ1) is 11.5. The second kappa shape index (κ2) is 3.97. The van der Waals surface area contributed by atoms with Crippen LogP contribution in [0.25, 0.3) is 0 Å². The molecule has 0 saturated carbocycles. The van der Waals surface area contributed by atoms with Gasteiger partial charge in [0, 0.05) is 0 Å². The number of hydrogen-bond donors (Lipinski definition) is 0. The van der Waals surface area contributed by atoms with Crippen LogP contribution in [0.5, 0.6) is 0 Å². The molecule has 0 aliphatic rings. The summed E-state index contributed by atoms with van der Waals surface area (Å²) >= 11 is -0.850. The summed E-state index contributed by atoms with van der Waals surface area (Å²) in [6, 6.07) is 0. The maximum atomic E-state index is 2.42. The van der Waals surface area contributed by atoms with Gasteiger partial charge in [-0.25, -0.2) is 0 Å². The number of rotatable bonds is 2. The van der Waals surface area contributed by atoms with Gasteiger partial charge in [-0.3, -0.25) is 0 Å². The van der Waals surface area contributed by atoms with E-state index >= 15 is 0 Å². The topological polar surface area (TPSA) is 0 Å². The predicted molar refractivity (Wildman–Crippen MR) is 55.7 cm³/mol. The van der Waals surface area contributed by atoms with Crippen LogP contribution in [0.3, 0.4) is 0 Å². The van der Waals surface area contributed by atoms with Crippen LogP contribution >= 0.6 is 0 Å². The summed E-state index contributed by atoms with van der Waals surface area (Å²) in [7, 11) is 0. The molecule has 0 N–H and O–H groups in total. The van der Waals surface area contributed by atoms with E-state index in [1.165, 1.54) is 0 Å². The van der Waals surface area contributed by atoms with Crippen LogP contribution in [0, 0.1) is 0 Å². The van der Waals surface area contributed by atoms with E-state index in [4.69, 9.17) is 0 Å². The third kappa shape index (κ3) is 3.64. The molecule has 11 heavy (non-hydrogen) atoms. The van der Waals surface area contributed by atoms with E-state index in [0.717, 1.165) is 9.50 Å². The van der Waals surface area contributed by atoms with Crippen LogP contribution in [0.4, 0.5) is 0 Å². The van der Waals surface area contributed by atoms with Gasteiger partial charge in [-0.2, -0.15) is 0 Å². The van der Waals surface area contributed by atoms with Crippen molar-refractivity contribution in [1.29, 1.82) is 0 Å². The Morgan fingerprint density at radius 2 is 1.09 bits per heavy atom. The van der Waals surface area contributed by atoms with Crippen molar-refractivity contribution in [1.82, 2.24) is 0 Å². The van der Waals surface area contributed by atoms with Crippen molar-refractivity contribution in [3.05, 3.63) is 0 Å². The van der Waals surface area contributed by atoms with Crippen molar-refractivity contribution in [3.63, 3.8) is 0 Å². The van der Waals surface area contributed by atoms with Gasteiger partial charge >= 0.3 is 76.6 Å². The van der Waals surface area contributed by atoms with E-state index < -0.39 is 14.3 Å². The molecule has 67 valence electrons. The molecule has 1 radical (unpaired) electrons. The summed E-state index contributed by atoms with van der Waals surface area (Å²) in [5, 5.41) is 0. The third-order valence-electron chi connectivity index (χ3n) is 2.11. The molecule has 1 heteroatoms. The Kier molecular flexibility index (Phi) is 4.17. The average molecular weight is 216 g/mol. The van der Waals surface area contributed by atoms with Crippen LogP contribution in [0.1, 0.15) is 48.5 Å². The monoisotopic (exact) mass is 217 g/mol. The van der Waals surface area contributed by atoms with Crippen LogP contribution in [-0.4, -0.2) is 14.3 Å². The fourth-order valence-electron chi connectivity index (χ4n) is 2.40. The quantitative estimate of drug-likeness (QED) is 0.609. The molecule has 0 bridgehead atoms. The van der Waals surface area contributed by atoms with E-state index in [0.29, 0.717) is 4.25 Å². The van der Waals surface area contributed by atoms with Crippen molar-refractivity contribution in [3.8, 4) is 0 Å². The Morgan fingerprint density at radius 1 is 0.818 bits per heavy atom. The Hall–Kier alpha value is 0.543. The fraction of sp³-hybridized carbons (Fsp3) is 1.00. The standard InChI is InChI=1S/C10H23Ge/c1-8(2)11(9(3)4)10(5,6)7/h8-9H,1-7H3. The average Bonchev–Trinajstić information content (AvgIpc) is 1.54. The third-order valence-corrected chi connectivity index (χ3v) is 11.0. The summed E-state index contributed by atoms with van der Waals surface area (Å²) in [5.74, 6) is 0. The van der Waals surface area contributed by atoms with Gasteiger partial charge in [0.15, 0.2) is 0 Å². The van der Waals surface area contributed by atoms with Gasteiger partial charge in [0.05, 0.1) is 0 Å². The summed E-state index contributed by atoms with van der Waals surface area (Å²) in [4.78, 5) is 0. The molecule has 0 unspecified atom stereocenters. The molecule has 0 aliphatic carbocycles. The van der Waals surface area contributed by atoms with Crippen molar-refractivity contribution >= 4 is 14.3 Å². The predicted octanol–water partition coefficient (Wildman–Crippen LogP) is 4.10. The molecular formula is C10H23Ge. The summed E-state index contributed by atoms with van der Waals surface area (Å²) in [6.07, 6.45) is 0. The minimum atomic E-state index is -0.850. The van der Waals surface area contributed by atoms with Crippen LogP contribution in [0.2, 0.25) is 13.7 Å². The number of hydrogen-bond acceptors (Lipinski definition) is 0. The first-order valence-electron chi connectivity index (χ1n) is 4.64. The Labute approximate surface area is 76.9 Å². The minimum absolute atomic E-state index is 0.627. The summed E-state index contributed by atoms with van der Waals surface area (Å²) < 4.78 is 2.56. The van der Waals surface area contributed by atoms with E-state index in [1.54, 1.807) is 0 Å². The van der Waals surface area contributed by atoms with Gasteiger partial charge in [0.1, 0.15) is 0 Å². The molecule has 0 atom stereocenters. The summed E-state index contributed by atoms with van der Waals surface area (Å²) in [6.45, 7) is 16.9. The Bertz CT molecular complexity index is 101.